The lowest BCUT2D eigenvalue weighted by molar-refractivity contribution is 0.472. The first-order chi connectivity index (χ1) is 16.2. The summed E-state index contributed by atoms with van der Waals surface area (Å²) in [6, 6.07) is 11.8. The summed E-state index contributed by atoms with van der Waals surface area (Å²) in [7, 11) is 3.98. The topological polar surface area (TPSA) is 90.5 Å². The number of anilines is 2. The average Bonchev–Trinajstić information content (AvgIpc) is 3.22. The third-order valence-electron chi connectivity index (χ3n) is 5.65. The zero-order valence-electron chi connectivity index (χ0n) is 20.1. The molecular weight excluding hydrogens is 424 g/mol. The number of benzene rings is 2. The fraction of sp³-hybridized carbons (Fsp3) is 0.179. The Hall–Kier alpha value is -4.37. The number of pyridine rings is 1. The molecule has 0 aliphatic carbocycles. The SMILES string of the molecule is Cc1cc(N)c(/C=C(\N)C#Cc2ncc(C)c3c(Oc4cccc(N(C)C)c4)coc23)cc1C. The van der Waals surface area contributed by atoms with E-state index in [0.717, 1.165) is 39.1 Å². The number of aromatic nitrogens is 1. The molecule has 0 unspecified atom stereocenters. The molecule has 0 atom stereocenters. The second-order valence-electron chi connectivity index (χ2n) is 8.50. The van der Waals surface area contributed by atoms with Crippen molar-refractivity contribution in [1.29, 1.82) is 0 Å². The van der Waals surface area contributed by atoms with Crippen LogP contribution >= 0.6 is 0 Å². The summed E-state index contributed by atoms with van der Waals surface area (Å²) in [6.45, 7) is 6.02. The Balaban J connectivity index is 1.67. The Morgan fingerprint density at radius 3 is 2.62 bits per heavy atom. The number of nitrogen functional groups attached to an aromatic ring is 1. The maximum atomic E-state index is 6.18. The van der Waals surface area contributed by atoms with Gasteiger partial charge in [-0.2, -0.15) is 0 Å². The monoisotopic (exact) mass is 452 g/mol. The summed E-state index contributed by atoms with van der Waals surface area (Å²) in [5, 5.41) is 0.829. The third kappa shape index (κ3) is 4.69. The second-order valence-corrected chi connectivity index (χ2v) is 8.50. The van der Waals surface area contributed by atoms with Gasteiger partial charge in [0.15, 0.2) is 17.0 Å². The second kappa shape index (κ2) is 9.24. The number of allylic oxidation sites excluding steroid dienone is 1. The maximum Gasteiger partial charge on any atom is 0.173 e. The van der Waals surface area contributed by atoms with Gasteiger partial charge in [0.2, 0.25) is 0 Å². The zero-order valence-corrected chi connectivity index (χ0v) is 20.1. The summed E-state index contributed by atoms with van der Waals surface area (Å²) < 4.78 is 12.0. The molecule has 0 aliphatic rings. The van der Waals surface area contributed by atoms with Crippen LogP contribution in [0.2, 0.25) is 0 Å². The number of hydrogen-bond acceptors (Lipinski definition) is 6. The molecular formula is C28H28N4O2. The number of hydrogen-bond donors (Lipinski definition) is 2. The van der Waals surface area contributed by atoms with Crippen molar-refractivity contribution in [3.8, 4) is 23.3 Å². The summed E-state index contributed by atoms with van der Waals surface area (Å²) in [6.07, 6.45) is 5.11. The highest BCUT2D eigenvalue weighted by atomic mass is 16.5. The van der Waals surface area contributed by atoms with Crippen molar-refractivity contribution in [1.82, 2.24) is 4.98 Å². The molecule has 172 valence electrons. The van der Waals surface area contributed by atoms with Gasteiger partial charge in [0.1, 0.15) is 12.0 Å². The molecule has 0 fully saturated rings. The highest BCUT2D eigenvalue weighted by Gasteiger charge is 2.15. The highest BCUT2D eigenvalue weighted by molar-refractivity contribution is 5.90. The Kier molecular flexibility index (Phi) is 6.20. The zero-order chi connectivity index (χ0) is 24.4. The van der Waals surface area contributed by atoms with Crippen LogP contribution in [0.15, 0.2) is 59.0 Å². The molecule has 34 heavy (non-hydrogen) atoms. The summed E-state index contributed by atoms with van der Waals surface area (Å²) in [4.78, 5) is 6.47. The Labute approximate surface area is 199 Å². The van der Waals surface area contributed by atoms with E-state index in [2.05, 4.69) is 16.8 Å². The van der Waals surface area contributed by atoms with Crippen molar-refractivity contribution in [3.05, 3.63) is 82.5 Å². The molecule has 2 aromatic heterocycles. The molecule has 2 aromatic carbocycles. The third-order valence-corrected chi connectivity index (χ3v) is 5.65. The number of furan rings is 1. The van der Waals surface area contributed by atoms with Crippen LogP contribution in [-0.4, -0.2) is 19.1 Å². The van der Waals surface area contributed by atoms with E-state index < -0.39 is 0 Å². The van der Waals surface area contributed by atoms with Crippen LogP contribution < -0.4 is 21.1 Å². The Morgan fingerprint density at radius 2 is 1.85 bits per heavy atom. The van der Waals surface area contributed by atoms with Crippen LogP contribution in [0.25, 0.3) is 17.0 Å². The largest absolute Gasteiger partial charge is 0.457 e. The lowest BCUT2D eigenvalue weighted by Crippen LogP contribution is -2.08. The minimum atomic E-state index is 0.383. The average molecular weight is 453 g/mol. The first-order valence-corrected chi connectivity index (χ1v) is 10.9. The van der Waals surface area contributed by atoms with Gasteiger partial charge in [0.25, 0.3) is 0 Å². The van der Waals surface area contributed by atoms with Crippen LogP contribution in [0.4, 0.5) is 11.4 Å². The van der Waals surface area contributed by atoms with Crippen LogP contribution in [0.5, 0.6) is 11.5 Å². The van der Waals surface area contributed by atoms with E-state index in [1.165, 1.54) is 0 Å². The van der Waals surface area contributed by atoms with Crippen molar-refractivity contribution in [2.24, 2.45) is 5.73 Å². The molecule has 0 radical (unpaired) electrons. The van der Waals surface area contributed by atoms with Gasteiger partial charge < -0.3 is 25.5 Å². The molecule has 0 saturated heterocycles. The first kappa shape index (κ1) is 22.8. The van der Waals surface area contributed by atoms with E-state index in [1.807, 2.05) is 76.2 Å². The molecule has 6 heteroatoms. The normalized spacial score (nSPS) is 11.3. The molecule has 6 nitrogen and oxygen atoms in total. The van der Waals surface area contributed by atoms with E-state index in [0.29, 0.717) is 28.4 Å². The van der Waals surface area contributed by atoms with E-state index in [9.17, 15) is 0 Å². The van der Waals surface area contributed by atoms with Crippen LogP contribution in [-0.2, 0) is 0 Å². The molecule has 2 heterocycles. The van der Waals surface area contributed by atoms with E-state index in [4.69, 9.17) is 20.6 Å². The van der Waals surface area contributed by atoms with Crippen LogP contribution in [0.1, 0.15) is 27.9 Å². The lowest BCUT2D eigenvalue weighted by Gasteiger charge is -2.13. The van der Waals surface area contributed by atoms with E-state index in [1.54, 1.807) is 18.5 Å². The van der Waals surface area contributed by atoms with Crippen molar-refractivity contribution in [2.45, 2.75) is 20.8 Å². The van der Waals surface area contributed by atoms with Crippen LogP contribution in [0, 0.1) is 32.6 Å². The number of fused-ring (bicyclic) bond motifs is 1. The molecule has 4 aromatic rings. The summed E-state index contributed by atoms with van der Waals surface area (Å²) in [5.41, 5.74) is 19.5. The van der Waals surface area contributed by atoms with Crippen molar-refractivity contribution in [3.63, 3.8) is 0 Å². The minimum absolute atomic E-state index is 0.383. The Bertz CT molecular complexity index is 1470. The lowest BCUT2D eigenvalue weighted by atomic mass is 10.0. The van der Waals surface area contributed by atoms with Crippen molar-refractivity contribution in [2.75, 3.05) is 24.7 Å². The van der Waals surface area contributed by atoms with Gasteiger partial charge in [-0.3, -0.25) is 0 Å². The van der Waals surface area contributed by atoms with Gasteiger partial charge in [0, 0.05) is 43.3 Å². The molecule has 4 rings (SSSR count). The van der Waals surface area contributed by atoms with E-state index >= 15 is 0 Å². The van der Waals surface area contributed by atoms with E-state index in [-0.39, 0.29) is 0 Å². The smallest absolute Gasteiger partial charge is 0.173 e. The number of nitrogens with two attached hydrogens (primary N) is 2. The quantitative estimate of drug-likeness (QED) is 0.312. The predicted molar refractivity (Wildman–Crippen MR) is 139 cm³/mol. The molecule has 0 spiro atoms. The highest BCUT2D eigenvalue weighted by Crippen LogP contribution is 2.35. The fourth-order valence-electron chi connectivity index (χ4n) is 3.61. The molecule has 0 aliphatic heterocycles. The van der Waals surface area contributed by atoms with Gasteiger partial charge in [-0.15, -0.1) is 0 Å². The number of aryl methyl sites for hydroxylation is 3. The fourth-order valence-corrected chi connectivity index (χ4v) is 3.61. The van der Waals surface area contributed by atoms with Crippen molar-refractivity contribution < 1.29 is 9.15 Å². The Morgan fingerprint density at radius 1 is 1.09 bits per heavy atom. The van der Waals surface area contributed by atoms with Gasteiger partial charge in [0.05, 0.1) is 11.1 Å². The standard InChI is InChI=1S/C28H28N4O2/c1-17-11-20(24(30)12-18(17)2)13-21(29)9-10-25-28-27(19(3)15-31-25)26(16-33-28)34-23-8-6-7-22(14-23)32(4)5/h6-8,11-16H,29-30H2,1-5H3/b21-13-. The van der Waals surface area contributed by atoms with Gasteiger partial charge in [-0.1, -0.05) is 6.07 Å². The molecule has 0 saturated carbocycles. The summed E-state index contributed by atoms with van der Waals surface area (Å²) >= 11 is 0. The molecule has 0 amide bonds. The van der Waals surface area contributed by atoms with Crippen LogP contribution in [0.3, 0.4) is 0 Å². The van der Waals surface area contributed by atoms with Gasteiger partial charge in [-0.05, 0) is 79.6 Å². The number of nitrogens with zero attached hydrogens (tertiary/aromatic N) is 2. The maximum absolute atomic E-state index is 6.18. The summed E-state index contributed by atoms with van der Waals surface area (Å²) in [5.74, 6) is 7.32. The van der Waals surface area contributed by atoms with Crippen molar-refractivity contribution >= 4 is 28.4 Å². The molecule has 4 N–H and O–H groups in total. The van der Waals surface area contributed by atoms with Gasteiger partial charge >= 0.3 is 0 Å². The number of ether oxygens (including phenoxy) is 1. The first-order valence-electron chi connectivity index (χ1n) is 10.9. The minimum Gasteiger partial charge on any atom is -0.457 e. The molecule has 0 bridgehead atoms. The van der Waals surface area contributed by atoms with Gasteiger partial charge in [-0.25, -0.2) is 4.98 Å². The number of rotatable bonds is 4. The predicted octanol–water partition coefficient (Wildman–Crippen LogP) is 5.54.